The number of nitrogens with zero attached hydrogens (tertiary/aromatic N) is 4. The van der Waals surface area contributed by atoms with Gasteiger partial charge in [0.2, 0.25) is 0 Å². The van der Waals surface area contributed by atoms with Crippen LogP contribution in [0.3, 0.4) is 0 Å². The third kappa shape index (κ3) is 4.63. The van der Waals surface area contributed by atoms with Gasteiger partial charge in [-0.2, -0.15) is 10.4 Å². The Kier molecular flexibility index (Phi) is 6.41. The highest BCUT2D eigenvalue weighted by atomic mass is 35.5. The first-order chi connectivity index (χ1) is 14.4. The van der Waals surface area contributed by atoms with Crippen LogP contribution in [0.5, 0.6) is 0 Å². The van der Waals surface area contributed by atoms with E-state index in [1.807, 2.05) is 0 Å². The number of nitriles is 1. The number of aromatic nitrogens is 1. The fraction of sp³-hybridized carbons (Fsp3) is 0.150. The first kappa shape index (κ1) is 21.0. The van der Waals surface area contributed by atoms with E-state index in [0.717, 1.165) is 0 Å². The Morgan fingerprint density at radius 1 is 1.40 bits per heavy atom. The van der Waals surface area contributed by atoms with Crippen molar-refractivity contribution in [3.63, 3.8) is 0 Å². The molecule has 1 aromatic carbocycles. The van der Waals surface area contributed by atoms with E-state index in [2.05, 4.69) is 21.6 Å². The van der Waals surface area contributed by atoms with Crippen LogP contribution < -0.4 is 5.43 Å². The maximum Gasteiger partial charge on any atom is 0.270 e. The second-order valence-corrected chi connectivity index (χ2v) is 6.59. The summed E-state index contributed by atoms with van der Waals surface area (Å²) >= 11 is 6.14. The van der Waals surface area contributed by atoms with Crippen LogP contribution in [-0.4, -0.2) is 23.2 Å². The third-order valence-corrected chi connectivity index (χ3v) is 4.39. The van der Waals surface area contributed by atoms with Crippen molar-refractivity contribution in [2.75, 3.05) is 12.5 Å². The van der Waals surface area contributed by atoms with E-state index < -0.39 is 4.92 Å². The number of hydrogen-bond donors (Lipinski definition) is 1. The summed E-state index contributed by atoms with van der Waals surface area (Å²) in [6, 6.07) is 11.3. The van der Waals surface area contributed by atoms with E-state index in [1.54, 1.807) is 32.2 Å². The molecule has 0 saturated heterocycles. The number of nitro benzene ring substituents is 1. The molecule has 0 amide bonds. The van der Waals surface area contributed by atoms with Gasteiger partial charge in [0.1, 0.15) is 23.2 Å². The van der Waals surface area contributed by atoms with Crippen LogP contribution >= 0.6 is 11.6 Å². The van der Waals surface area contributed by atoms with Crippen molar-refractivity contribution >= 4 is 29.3 Å². The summed E-state index contributed by atoms with van der Waals surface area (Å²) in [5.74, 6) is 1.04. The van der Waals surface area contributed by atoms with Gasteiger partial charge in [-0.25, -0.2) is 4.98 Å². The van der Waals surface area contributed by atoms with Crippen LogP contribution in [0.1, 0.15) is 22.6 Å². The van der Waals surface area contributed by atoms with E-state index >= 15 is 0 Å². The van der Waals surface area contributed by atoms with Gasteiger partial charge in [0.25, 0.3) is 5.69 Å². The molecule has 0 aliphatic rings. The molecule has 0 unspecified atom stereocenters. The number of pyridine rings is 1. The van der Waals surface area contributed by atoms with Crippen molar-refractivity contribution in [1.82, 2.24) is 4.98 Å². The van der Waals surface area contributed by atoms with Crippen LogP contribution in [0.25, 0.3) is 11.3 Å². The fourth-order valence-corrected chi connectivity index (χ4v) is 2.97. The van der Waals surface area contributed by atoms with Crippen LogP contribution in [0.4, 0.5) is 11.5 Å². The number of nitro groups is 1. The molecule has 0 bridgehead atoms. The molecular weight excluding hydrogens is 410 g/mol. The number of anilines is 1. The van der Waals surface area contributed by atoms with Gasteiger partial charge >= 0.3 is 0 Å². The molecule has 0 aliphatic heterocycles. The summed E-state index contributed by atoms with van der Waals surface area (Å²) in [4.78, 5) is 14.8. The number of hydrazone groups is 1. The van der Waals surface area contributed by atoms with Gasteiger partial charge in [0.15, 0.2) is 5.82 Å². The number of furan rings is 1. The number of hydrogen-bond acceptors (Lipinski definition) is 8. The molecular formula is C20H16ClN5O4. The lowest BCUT2D eigenvalue weighted by Gasteiger charge is -2.08. The molecule has 3 aromatic rings. The van der Waals surface area contributed by atoms with Gasteiger partial charge < -0.3 is 9.15 Å². The van der Waals surface area contributed by atoms with Crippen molar-refractivity contribution in [2.45, 2.75) is 13.5 Å². The zero-order valence-corrected chi connectivity index (χ0v) is 16.8. The number of rotatable bonds is 7. The normalized spacial score (nSPS) is 10.9. The SMILES string of the molecule is COCc1cc(C)nc(N/N=C\c2ccc(-c3cc([N+](=O)[O-])ccc3Cl)o2)c1C#N. The highest BCUT2D eigenvalue weighted by Crippen LogP contribution is 2.32. The van der Waals surface area contributed by atoms with Crippen LogP contribution in [-0.2, 0) is 11.3 Å². The number of aryl methyl sites for hydroxylation is 1. The second kappa shape index (κ2) is 9.17. The van der Waals surface area contributed by atoms with Gasteiger partial charge in [-0.1, -0.05) is 11.6 Å². The van der Waals surface area contributed by atoms with Gasteiger partial charge in [-0.15, -0.1) is 0 Å². The molecule has 0 spiro atoms. The summed E-state index contributed by atoms with van der Waals surface area (Å²) < 4.78 is 10.8. The molecule has 0 atom stereocenters. The van der Waals surface area contributed by atoms with Gasteiger partial charge in [-0.05, 0) is 31.2 Å². The zero-order chi connectivity index (χ0) is 21.7. The van der Waals surface area contributed by atoms with Gasteiger partial charge in [-0.3, -0.25) is 15.5 Å². The number of methoxy groups -OCH3 is 1. The van der Waals surface area contributed by atoms with Crippen LogP contribution in [0, 0.1) is 28.4 Å². The molecule has 2 heterocycles. The number of non-ortho nitro benzene ring substituents is 1. The Bertz CT molecular complexity index is 1170. The summed E-state index contributed by atoms with van der Waals surface area (Å²) in [7, 11) is 1.55. The fourth-order valence-electron chi connectivity index (χ4n) is 2.76. The van der Waals surface area contributed by atoms with Crippen molar-refractivity contribution in [3.05, 3.63) is 74.1 Å². The zero-order valence-electron chi connectivity index (χ0n) is 16.0. The largest absolute Gasteiger partial charge is 0.455 e. The second-order valence-electron chi connectivity index (χ2n) is 6.18. The Morgan fingerprint density at radius 2 is 2.20 bits per heavy atom. The third-order valence-electron chi connectivity index (χ3n) is 4.06. The molecule has 0 radical (unpaired) electrons. The predicted octanol–water partition coefficient (Wildman–Crippen LogP) is 4.68. The van der Waals surface area contributed by atoms with Crippen molar-refractivity contribution in [1.29, 1.82) is 5.26 Å². The highest BCUT2D eigenvalue weighted by molar-refractivity contribution is 6.33. The maximum absolute atomic E-state index is 11.0. The van der Waals surface area contributed by atoms with Gasteiger partial charge in [0, 0.05) is 36.1 Å². The predicted molar refractivity (Wildman–Crippen MR) is 111 cm³/mol. The number of nitrogens with one attached hydrogen (secondary N) is 1. The monoisotopic (exact) mass is 425 g/mol. The summed E-state index contributed by atoms with van der Waals surface area (Å²) in [5, 5.41) is 24.8. The number of benzene rings is 1. The van der Waals surface area contributed by atoms with E-state index in [4.69, 9.17) is 20.8 Å². The Balaban J connectivity index is 1.82. The molecule has 30 heavy (non-hydrogen) atoms. The standard InChI is InChI=1S/C20H16ClN5O4/c1-12-7-13(11-29-2)17(9-22)20(24-12)25-23-10-15-4-6-19(30-15)16-8-14(26(27)28)3-5-18(16)21/h3-8,10H,11H2,1-2H3,(H,24,25)/b23-10-. The average Bonchev–Trinajstić information content (AvgIpc) is 3.17. The van der Waals surface area contributed by atoms with Crippen molar-refractivity contribution in [2.24, 2.45) is 5.10 Å². The molecule has 9 nitrogen and oxygen atoms in total. The Labute approximate surface area is 176 Å². The topological polar surface area (TPSA) is 127 Å². The minimum Gasteiger partial charge on any atom is -0.455 e. The maximum atomic E-state index is 11.0. The smallest absolute Gasteiger partial charge is 0.270 e. The lowest BCUT2D eigenvalue weighted by Crippen LogP contribution is -2.03. The molecule has 3 rings (SSSR count). The summed E-state index contributed by atoms with van der Waals surface area (Å²) in [6.45, 7) is 2.08. The summed E-state index contributed by atoms with van der Waals surface area (Å²) in [5.41, 5.74) is 4.79. The molecule has 1 N–H and O–H groups in total. The first-order valence-electron chi connectivity index (χ1n) is 8.65. The van der Waals surface area contributed by atoms with E-state index in [1.165, 1.54) is 24.4 Å². The molecule has 0 saturated carbocycles. The van der Waals surface area contributed by atoms with Crippen LogP contribution in [0.2, 0.25) is 5.02 Å². The highest BCUT2D eigenvalue weighted by Gasteiger charge is 2.14. The quantitative estimate of drug-likeness (QED) is 0.331. The van der Waals surface area contributed by atoms with E-state index in [9.17, 15) is 15.4 Å². The van der Waals surface area contributed by atoms with Gasteiger partial charge in [0.05, 0.1) is 22.8 Å². The minimum atomic E-state index is -0.505. The molecule has 10 heteroatoms. The van der Waals surface area contributed by atoms with Crippen LogP contribution in [0.15, 0.2) is 45.9 Å². The van der Waals surface area contributed by atoms with E-state index in [-0.39, 0.29) is 12.3 Å². The molecule has 0 fully saturated rings. The number of halogens is 1. The molecule has 2 aromatic heterocycles. The number of ether oxygens (including phenoxy) is 1. The molecule has 0 aliphatic carbocycles. The average molecular weight is 426 g/mol. The Morgan fingerprint density at radius 3 is 2.90 bits per heavy atom. The van der Waals surface area contributed by atoms with E-state index in [0.29, 0.717) is 44.7 Å². The minimum absolute atomic E-state index is 0.0934. The lowest BCUT2D eigenvalue weighted by atomic mass is 10.1. The summed E-state index contributed by atoms with van der Waals surface area (Å²) in [6.07, 6.45) is 1.40. The Hall–Kier alpha value is -3.74. The molecule has 152 valence electrons. The lowest BCUT2D eigenvalue weighted by molar-refractivity contribution is -0.384. The first-order valence-corrected chi connectivity index (χ1v) is 9.03. The van der Waals surface area contributed by atoms with Crippen molar-refractivity contribution in [3.8, 4) is 17.4 Å². The van der Waals surface area contributed by atoms with Crippen molar-refractivity contribution < 1.29 is 14.1 Å².